The molecule has 6 radical (unpaired) electrons. The van der Waals surface area contributed by atoms with Crippen LogP contribution in [0.5, 0.6) is 0 Å². The summed E-state index contributed by atoms with van der Waals surface area (Å²) < 4.78 is 9.71. The molecule has 3 saturated heterocycles. The predicted octanol–water partition coefficient (Wildman–Crippen LogP) is 4.25. The van der Waals surface area contributed by atoms with Gasteiger partial charge < -0.3 is 52.4 Å². The number of rotatable bonds is 12. The minimum Gasteiger partial charge on any atom is -0.468 e. The van der Waals surface area contributed by atoms with Gasteiger partial charge in [-0.2, -0.15) is 18.1 Å². The number of ketones is 2. The van der Waals surface area contributed by atoms with Gasteiger partial charge >= 0.3 is 11.9 Å². The minimum absolute atomic E-state index is 0. The van der Waals surface area contributed by atoms with Crippen LogP contribution in [0.1, 0.15) is 122 Å². The normalized spacial score (nSPS) is 24.1. The first-order valence-corrected chi connectivity index (χ1v) is 27.8. The molecule has 2 aromatic rings. The number of ether oxygens (including phenoxy) is 2. The van der Waals surface area contributed by atoms with Crippen LogP contribution >= 0.6 is 11.8 Å². The van der Waals surface area contributed by atoms with E-state index in [2.05, 4.69) is 41.2 Å². The maximum absolute atomic E-state index is 12.8. The Morgan fingerprint density at radius 2 is 1.21 bits per heavy atom. The molecule has 26 heteroatoms. The predicted molar refractivity (Wildman–Crippen MR) is 303 cm³/mol. The summed E-state index contributed by atoms with van der Waals surface area (Å²) in [6.45, 7) is 18.0. The van der Waals surface area contributed by atoms with Crippen molar-refractivity contribution in [2.75, 3.05) is 55.2 Å². The van der Waals surface area contributed by atoms with Gasteiger partial charge in [-0.1, -0.05) is 44.3 Å². The Balaban J connectivity index is -0.00000102. The van der Waals surface area contributed by atoms with Gasteiger partial charge in [0, 0.05) is 221 Å². The van der Waals surface area contributed by atoms with Crippen LogP contribution in [-0.2, 0) is 257 Å². The molecule has 1 saturated carbocycles. The fraction of sp³-hybridized carbons (Fsp3) is 0.621. The molecule has 10 atom stereocenters. The van der Waals surface area contributed by atoms with Crippen molar-refractivity contribution < 1.29 is 244 Å². The van der Waals surface area contributed by atoms with Crippen LogP contribution in [0, 0.1) is 19.4 Å². The molecule has 84 heavy (non-hydrogen) atoms. The molecule has 5 heterocycles. The van der Waals surface area contributed by atoms with Gasteiger partial charge in [-0.3, -0.25) is 33.8 Å². The number of methoxy groups -OCH3 is 2. The second-order valence-electron chi connectivity index (χ2n) is 21.6. The van der Waals surface area contributed by atoms with Crippen LogP contribution < -0.4 is 21.3 Å². The van der Waals surface area contributed by atoms with E-state index in [1.165, 1.54) is 26.0 Å². The quantitative estimate of drug-likeness (QED) is 0.172. The molecule has 0 bridgehead atoms. The fourth-order valence-electron chi connectivity index (χ4n) is 10.6. The van der Waals surface area contributed by atoms with Gasteiger partial charge in [0.25, 0.3) is 5.91 Å². The maximum atomic E-state index is 12.8. The number of nitrogens with zero attached hydrogens (tertiary/aromatic N) is 5. The second-order valence-corrected chi connectivity index (χ2v) is 22.7. The van der Waals surface area contributed by atoms with Crippen molar-refractivity contribution in [3.63, 3.8) is 0 Å². The average molecular weight is 1640 g/mol. The van der Waals surface area contributed by atoms with E-state index in [9.17, 15) is 38.4 Å². The van der Waals surface area contributed by atoms with Gasteiger partial charge in [-0.05, 0) is 139 Å². The number of likely N-dealkylation sites (N-methyl/N-ethyl adjacent to an activating group) is 4. The Hall–Kier alpha value is 1.24. The van der Waals surface area contributed by atoms with Crippen LogP contribution in [0.25, 0.3) is 0 Å². The number of hydrogen-bond acceptors (Lipinski definition) is 16. The van der Waals surface area contributed by atoms with Gasteiger partial charge in [-0.25, -0.2) is 14.6 Å². The van der Waals surface area contributed by atoms with E-state index in [4.69, 9.17) is 9.47 Å². The Bertz CT molecular complexity index is 2480. The number of amides is 4. The Labute approximate surface area is 656 Å². The number of thioether (sulfide) groups is 1. The molecule has 2 aromatic carbocycles. The molecule has 6 aliphatic rings. The molecular weight excluding hydrogens is 1550 g/mol. The van der Waals surface area contributed by atoms with Gasteiger partial charge in [0.2, 0.25) is 17.7 Å². The molecule has 0 spiro atoms. The first-order valence-electron chi connectivity index (χ1n) is 26.7. The molecule has 4 amide bonds. The number of esters is 2. The van der Waals surface area contributed by atoms with Crippen LogP contribution in [-0.4, -0.2) is 186 Å². The van der Waals surface area contributed by atoms with Crippen molar-refractivity contribution in [3.05, 3.63) is 84.3 Å². The first kappa shape index (κ1) is 89.4. The number of Topliss-reactive ketones (excluding diaryl/α,β-unsaturated/α-hetero) is 2. The van der Waals surface area contributed by atoms with Crippen LogP contribution in [0.4, 0.5) is 0 Å². The zero-order valence-corrected chi connectivity index (χ0v) is 69.1. The molecule has 4 N–H and O–H groups in total. The summed E-state index contributed by atoms with van der Waals surface area (Å²) in [4.78, 5) is 103. The van der Waals surface area contributed by atoms with Crippen LogP contribution in [0.3, 0.4) is 0 Å². The van der Waals surface area contributed by atoms with E-state index in [1.54, 1.807) is 70.1 Å². The largest absolute Gasteiger partial charge is 0.468 e. The summed E-state index contributed by atoms with van der Waals surface area (Å²) >= 11 is 1.63. The number of nitrogens with one attached hydrogen (secondary N) is 4. The summed E-state index contributed by atoms with van der Waals surface area (Å²) in [6.07, 6.45) is 6.29. The van der Waals surface area contributed by atoms with E-state index in [1.807, 2.05) is 80.3 Å². The molecular formula is C58H89N9O10SY6-2. The molecule has 5 aliphatic heterocycles. The standard InChI is InChI=1S/C16H20N2O3.C15H18N2O3S.C13H25N3O2.C13H22N2O2.CH4.6Y/c1-4-13(17-2)15(19)18-10-12-8-6-5-7-11(12)9-14(18)16(20)21-3;1-16-11-7-9-5-3-4-6-10(9)14-17(13(11)18)12(8-21-14)15(19)20-2;1-9-7-8-11(14-5)12(18)16(15(9)6)13(3,4)10(2)17;1-8(16)13(2,3)15-11-7-9(11)5-6-10(14-4)12(15)17;;;;;;;/h5-8,10,13-14,17H,1,4,9H2,2-3H3;3-6,11-12,14,16H,7-8H2,1-2H3;9,11,14H,7-8H2,1-6H3;9-11,14H,5-7H2,1-4H3;1H4;;;;;;/q-2;;;;;;;;;;/t13-,14?;11-,12?,14?;9?,11-;9?,10-,11?;;;;;;;/m0000......./s1. The third-order valence-corrected chi connectivity index (χ3v) is 17.6. The molecule has 0 aromatic heterocycles. The molecule has 452 valence electrons. The van der Waals surface area contributed by atoms with Gasteiger partial charge in [0.05, 0.1) is 43.9 Å². The number of hydrogen-bond donors (Lipinski definition) is 4. The summed E-state index contributed by atoms with van der Waals surface area (Å²) in [5.74, 6) is 0.364. The molecule has 4 fully saturated rings. The summed E-state index contributed by atoms with van der Waals surface area (Å²) in [5, 5.41) is 15.5. The van der Waals surface area contributed by atoms with E-state index in [0.29, 0.717) is 37.0 Å². The molecule has 1 aliphatic carbocycles. The first-order chi connectivity index (χ1) is 36.4. The summed E-state index contributed by atoms with van der Waals surface area (Å²) in [6, 6.07) is 14.1. The van der Waals surface area contributed by atoms with Crippen molar-refractivity contribution in [2.24, 2.45) is 5.92 Å². The SMILES string of the molecule is C.CN[C@H]1CCC(C)N(C)N(C(C)(C)C(C)=O)C1=O.CN[C@H]1CCC2CC2N(C(C)(C)C(C)=O)C1=O.CN[C@H]1Cc2ccccc2C2SCC(C(=O)OC)N2C1=O.[CH2-]C[C@H](NC)C(=O)N1[CH-]c2ccccc2CC1C(=O)OC.[Y].[Y].[Y].[Y].[Y].[Y]. The number of carbonyl (C=O) groups excluding carboxylic acids is 8. The molecule has 19 nitrogen and oxygen atoms in total. The maximum Gasteiger partial charge on any atom is 0.329 e. The van der Waals surface area contributed by atoms with Crippen molar-refractivity contribution in [1.82, 2.24) is 46.0 Å². The number of likely N-dealkylation sites (tertiary alicyclic amines) is 1. The van der Waals surface area contributed by atoms with Crippen LogP contribution in [0.2, 0.25) is 0 Å². The van der Waals surface area contributed by atoms with Crippen molar-refractivity contribution >= 4 is 58.9 Å². The zero-order valence-electron chi connectivity index (χ0n) is 51.2. The van der Waals surface area contributed by atoms with Crippen molar-refractivity contribution in [3.8, 4) is 0 Å². The Morgan fingerprint density at radius 3 is 1.74 bits per heavy atom. The third kappa shape index (κ3) is 21.4. The smallest absolute Gasteiger partial charge is 0.329 e. The van der Waals surface area contributed by atoms with Gasteiger partial charge in [0.1, 0.15) is 23.0 Å². The molecule has 6 unspecified atom stereocenters. The molecule has 8 rings (SSSR count). The van der Waals surface area contributed by atoms with Gasteiger partial charge in [0.15, 0.2) is 11.6 Å². The monoisotopic (exact) mass is 1640 g/mol. The van der Waals surface area contributed by atoms with E-state index in [0.717, 1.165) is 54.4 Å². The second kappa shape index (κ2) is 41.1. The van der Waals surface area contributed by atoms with Gasteiger partial charge in [-0.15, -0.1) is 29.5 Å². The number of benzene rings is 2. The topological polar surface area (TPSA) is 219 Å². The summed E-state index contributed by atoms with van der Waals surface area (Å²) in [5.41, 5.74) is 2.79. The minimum atomic E-state index is -0.806. The van der Waals surface area contributed by atoms with Crippen molar-refractivity contribution in [1.29, 1.82) is 0 Å². The number of fused-ring (bicyclic) bond motifs is 5. The number of carbonyl (C=O) groups is 8. The third-order valence-electron chi connectivity index (χ3n) is 16.3. The zero-order chi connectivity index (χ0) is 57.3. The Morgan fingerprint density at radius 1 is 0.702 bits per heavy atom. The van der Waals surface area contributed by atoms with Crippen LogP contribution in [0.15, 0.2) is 48.5 Å². The van der Waals surface area contributed by atoms with E-state index in [-0.39, 0.29) is 274 Å². The fourth-order valence-corrected chi connectivity index (χ4v) is 12.1. The van der Waals surface area contributed by atoms with Crippen molar-refractivity contribution in [2.45, 2.75) is 172 Å². The Kier molecular flexibility index (Phi) is 43.7. The van der Waals surface area contributed by atoms with E-state index < -0.39 is 35.2 Å². The summed E-state index contributed by atoms with van der Waals surface area (Å²) in [7, 11) is 11.7. The number of hydrazine groups is 1. The average Bonchev–Trinajstić information content (AvgIpc) is 4.10. The van der Waals surface area contributed by atoms with E-state index >= 15 is 0 Å².